The number of piperazine rings is 1. The van der Waals surface area contributed by atoms with Gasteiger partial charge >= 0.3 is 0 Å². The second-order valence-electron chi connectivity index (χ2n) is 7.85. The van der Waals surface area contributed by atoms with E-state index in [1.807, 2.05) is 35.2 Å². The average Bonchev–Trinajstić information content (AvgIpc) is 3.58. The molecule has 1 saturated carbocycles. The van der Waals surface area contributed by atoms with E-state index in [0.717, 1.165) is 49.4 Å². The van der Waals surface area contributed by atoms with Gasteiger partial charge in [0.15, 0.2) is 0 Å². The Balaban J connectivity index is 1.46. The molecule has 1 saturated heterocycles. The van der Waals surface area contributed by atoms with Gasteiger partial charge in [-0.1, -0.05) is 24.3 Å². The van der Waals surface area contributed by atoms with Crippen LogP contribution in [0.2, 0.25) is 0 Å². The first-order chi connectivity index (χ1) is 14.1. The zero-order chi connectivity index (χ0) is 20.2. The van der Waals surface area contributed by atoms with Gasteiger partial charge in [-0.15, -0.1) is 0 Å². The predicted octanol–water partition coefficient (Wildman–Crippen LogP) is 2.97. The Bertz CT molecular complexity index is 838. The summed E-state index contributed by atoms with van der Waals surface area (Å²) in [5, 5.41) is 3.37. The Morgan fingerprint density at radius 1 is 1.24 bits per heavy atom. The maximum Gasteiger partial charge on any atom is 0.237 e. The summed E-state index contributed by atoms with van der Waals surface area (Å²) in [6.45, 7) is 3.30. The van der Waals surface area contributed by atoms with Crippen LogP contribution in [-0.2, 0) is 11.3 Å². The lowest BCUT2D eigenvalue weighted by atomic mass is 10.0. The van der Waals surface area contributed by atoms with Crippen LogP contribution in [0.3, 0.4) is 0 Å². The monoisotopic (exact) mass is 397 g/mol. The van der Waals surface area contributed by atoms with Gasteiger partial charge in [0.05, 0.1) is 13.7 Å². The van der Waals surface area contributed by atoms with Gasteiger partial charge in [0.1, 0.15) is 11.6 Å². The van der Waals surface area contributed by atoms with Gasteiger partial charge in [0.2, 0.25) is 5.91 Å². The van der Waals surface area contributed by atoms with Crippen molar-refractivity contribution in [2.75, 3.05) is 33.3 Å². The van der Waals surface area contributed by atoms with E-state index in [1.165, 1.54) is 6.07 Å². The number of methoxy groups -OCH3 is 1. The van der Waals surface area contributed by atoms with Gasteiger partial charge in [-0.25, -0.2) is 4.39 Å². The van der Waals surface area contributed by atoms with Crippen molar-refractivity contribution >= 4 is 5.91 Å². The summed E-state index contributed by atoms with van der Waals surface area (Å²) in [7, 11) is 1.65. The fraction of sp³-hybridized carbons (Fsp3) is 0.435. The van der Waals surface area contributed by atoms with Crippen LogP contribution in [0.25, 0.3) is 0 Å². The number of rotatable bonds is 7. The molecule has 1 aliphatic carbocycles. The van der Waals surface area contributed by atoms with Crippen LogP contribution in [-0.4, -0.2) is 55.0 Å². The molecule has 0 radical (unpaired) electrons. The zero-order valence-corrected chi connectivity index (χ0v) is 16.8. The first kappa shape index (κ1) is 19.9. The molecule has 0 aromatic heterocycles. The standard InChI is InChI=1S/C23H28FN3O2/c1-29-21-9-5-17(6-10-21)15-27(20-7-8-20)23(28)16-26-12-11-25-14-22(26)18-3-2-4-19(24)13-18/h2-6,9-10,13,20,22,25H,7-8,11-12,14-16H2,1H3. The molecular weight excluding hydrogens is 369 g/mol. The van der Waals surface area contributed by atoms with Crippen LogP contribution < -0.4 is 10.1 Å². The lowest BCUT2D eigenvalue weighted by molar-refractivity contribution is -0.134. The highest BCUT2D eigenvalue weighted by Gasteiger charge is 2.34. The molecule has 0 bridgehead atoms. The number of nitrogens with one attached hydrogen (secondary N) is 1. The fourth-order valence-electron chi connectivity index (χ4n) is 3.98. The lowest BCUT2D eigenvalue weighted by Gasteiger charge is -2.37. The smallest absolute Gasteiger partial charge is 0.237 e. The summed E-state index contributed by atoms with van der Waals surface area (Å²) in [5.41, 5.74) is 2.02. The van der Waals surface area contributed by atoms with Crippen molar-refractivity contribution in [1.82, 2.24) is 15.1 Å². The molecule has 1 heterocycles. The average molecular weight is 397 g/mol. The van der Waals surface area contributed by atoms with Crippen molar-refractivity contribution in [3.05, 3.63) is 65.5 Å². The second-order valence-corrected chi connectivity index (χ2v) is 7.85. The number of ether oxygens (including phenoxy) is 1. The van der Waals surface area contributed by atoms with Gasteiger partial charge in [0, 0.05) is 38.3 Å². The van der Waals surface area contributed by atoms with E-state index in [-0.39, 0.29) is 17.8 Å². The lowest BCUT2D eigenvalue weighted by Crippen LogP contribution is -2.50. The van der Waals surface area contributed by atoms with Crippen molar-refractivity contribution in [3.63, 3.8) is 0 Å². The summed E-state index contributed by atoms with van der Waals surface area (Å²) in [6.07, 6.45) is 2.13. The first-order valence-corrected chi connectivity index (χ1v) is 10.3. The minimum atomic E-state index is -0.238. The SMILES string of the molecule is COc1ccc(CN(C(=O)CN2CCNCC2c2cccc(F)c2)C2CC2)cc1. The van der Waals surface area contributed by atoms with Crippen LogP contribution in [0.1, 0.15) is 30.0 Å². The van der Waals surface area contributed by atoms with E-state index in [4.69, 9.17) is 4.74 Å². The normalized spacial score (nSPS) is 19.7. The largest absolute Gasteiger partial charge is 0.497 e. The Morgan fingerprint density at radius 2 is 2.03 bits per heavy atom. The summed E-state index contributed by atoms with van der Waals surface area (Å²) >= 11 is 0. The van der Waals surface area contributed by atoms with E-state index in [1.54, 1.807) is 19.2 Å². The van der Waals surface area contributed by atoms with Crippen LogP contribution in [0.15, 0.2) is 48.5 Å². The molecule has 1 aliphatic heterocycles. The third-order valence-electron chi connectivity index (χ3n) is 5.75. The number of halogens is 1. The van der Waals surface area contributed by atoms with Crippen molar-refractivity contribution in [3.8, 4) is 5.75 Å². The number of carbonyl (C=O) groups is 1. The van der Waals surface area contributed by atoms with E-state index in [0.29, 0.717) is 19.1 Å². The second kappa shape index (κ2) is 8.93. The Hall–Kier alpha value is -2.44. The highest BCUT2D eigenvalue weighted by atomic mass is 19.1. The molecule has 1 amide bonds. The molecule has 2 aliphatic rings. The molecule has 2 fully saturated rings. The van der Waals surface area contributed by atoms with Crippen molar-refractivity contribution in [1.29, 1.82) is 0 Å². The summed E-state index contributed by atoms with van der Waals surface area (Å²) in [5.74, 6) is 0.724. The number of amides is 1. The zero-order valence-electron chi connectivity index (χ0n) is 16.8. The Morgan fingerprint density at radius 3 is 2.72 bits per heavy atom. The maximum absolute atomic E-state index is 13.7. The minimum Gasteiger partial charge on any atom is -0.497 e. The quantitative estimate of drug-likeness (QED) is 0.780. The molecule has 154 valence electrons. The topological polar surface area (TPSA) is 44.8 Å². The Labute approximate surface area is 171 Å². The van der Waals surface area contributed by atoms with Crippen molar-refractivity contribution in [2.24, 2.45) is 0 Å². The summed E-state index contributed by atoms with van der Waals surface area (Å²) in [4.78, 5) is 17.4. The molecular formula is C23H28FN3O2. The Kier molecular flexibility index (Phi) is 6.11. The van der Waals surface area contributed by atoms with Crippen molar-refractivity contribution in [2.45, 2.75) is 31.5 Å². The first-order valence-electron chi connectivity index (χ1n) is 10.3. The molecule has 1 N–H and O–H groups in total. The highest BCUT2D eigenvalue weighted by Crippen LogP contribution is 2.30. The maximum atomic E-state index is 13.7. The molecule has 1 atom stereocenters. The van der Waals surface area contributed by atoms with Crippen LogP contribution in [0.4, 0.5) is 4.39 Å². The fourth-order valence-corrected chi connectivity index (χ4v) is 3.98. The predicted molar refractivity (Wildman–Crippen MR) is 110 cm³/mol. The summed E-state index contributed by atoms with van der Waals surface area (Å²) < 4.78 is 19.0. The van der Waals surface area contributed by atoms with Crippen LogP contribution >= 0.6 is 0 Å². The molecule has 5 nitrogen and oxygen atoms in total. The minimum absolute atomic E-state index is 0.00504. The molecule has 6 heteroatoms. The molecule has 4 rings (SSSR count). The molecule has 29 heavy (non-hydrogen) atoms. The number of hydrogen-bond acceptors (Lipinski definition) is 4. The van der Waals surface area contributed by atoms with Gasteiger partial charge in [-0.2, -0.15) is 0 Å². The number of benzene rings is 2. The molecule has 1 unspecified atom stereocenters. The summed E-state index contributed by atoms with van der Waals surface area (Å²) in [6, 6.07) is 14.9. The molecule has 2 aromatic rings. The molecule has 2 aromatic carbocycles. The van der Waals surface area contributed by atoms with Crippen LogP contribution in [0, 0.1) is 5.82 Å². The van der Waals surface area contributed by atoms with Gasteiger partial charge in [0.25, 0.3) is 0 Å². The van der Waals surface area contributed by atoms with Gasteiger partial charge in [-0.05, 0) is 48.2 Å². The third kappa shape index (κ3) is 4.95. The number of nitrogens with zero attached hydrogens (tertiary/aromatic N) is 2. The number of hydrogen-bond donors (Lipinski definition) is 1. The van der Waals surface area contributed by atoms with Gasteiger partial charge in [-0.3, -0.25) is 9.69 Å². The van der Waals surface area contributed by atoms with E-state index in [9.17, 15) is 9.18 Å². The van der Waals surface area contributed by atoms with E-state index < -0.39 is 0 Å². The van der Waals surface area contributed by atoms with Gasteiger partial charge < -0.3 is 15.0 Å². The number of carbonyl (C=O) groups excluding carboxylic acids is 1. The molecule has 0 spiro atoms. The third-order valence-corrected chi connectivity index (χ3v) is 5.75. The van der Waals surface area contributed by atoms with E-state index in [2.05, 4.69) is 10.2 Å². The van der Waals surface area contributed by atoms with Crippen molar-refractivity contribution < 1.29 is 13.9 Å². The van der Waals surface area contributed by atoms with E-state index >= 15 is 0 Å². The van der Waals surface area contributed by atoms with Crippen LogP contribution in [0.5, 0.6) is 5.75 Å². The highest BCUT2D eigenvalue weighted by molar-refractivity contribution is 5.79.